The number of ether oxygens (including phenoxy) is 1. The molecule has 0 radical (unpaired) electrons. The van der Waals surface area contributed by atoms with Crippen LogP contribution >= 0.6 is 0 Å². The number of hydrogen-bond donors (Lipinski definition) is 1. The molecule has 1 aromatic heterocycles. The molecule has 5 nitrogen and oxygen atoms in total. The maximum atomic E-state index is 11.4. The molecule has 19 heavy (non-hydrogen) atoms. The van der Waals surface area contributed by atoms with Gasteiger partial charge in [0.25, 0.3) is 0 Å². The second-order valence-corrected chi connectivity index (χ2v) is 5.55. The average Bonchev–Trinajstić information content (AvgIpc) is 2.94. The number of fused-ring (bicyclic) bond motifs is 2. The molecule has 0 amide bonds. The third kappa shape index (κ3) is 2.40. The lowest BCUT2D eigenvalue weighted by atomic mass is 9.98. The number of carbonyl (C=O) groups is 1. The summed E-state index contributed by atoms with van der Waals surface area (Å²) < 4.78 is 10.2. The zero-order valence-electron chi connectivity index (χ0n) is 11.2. The lowest BCUT2D eigenvalue weighted by molar-refractivity contribution is 0.0557. The Morgan fingerprint density at radius 2 is 2.11 bits per heavy atom. The van der Waals surface area contributed by atoms with Crippen molar-refractivity contribution in [2.24, 2.45) is 5.73 Å². The summed E-state index contributed by atoms with van der Waals surface area (Å²) in [5.74, 6) is 0.682. The number of methoxy groups -OCH3 is 1. The van der Waals surface area contributed by atoms with Crippen LogP contribution in [-0.4, -0.2) is 36.1 Å². The molecular weight excluding hydrogens is 244 g/mol. The van der Waals surface area contributed by atoms with Crippen molar-refractivity contribution in [2.75, 3.05) is 7.11 Å². The molecule has 2 aliphatic rings. The fraction of sp³-hybridized carbons (Fsp3) is 0.643. The number of rotatable bonds is 3. The molecule has 0 aliphatic carbocycles. The van der Waals surface area contributed by atoms with Gasteiger partial charge in [-0.15, -0.1) is 0 Å². The van der Waals surface area contributed by atoms with Crippen molar-refractivity contribution in [1.82, 2.24) is 4.90 Å². The predicted molar refractivity (Wildman–Crippen MR) is 69.6 cm³/mol. The summed E-state index contributed by atoms with van der Waals surface area (Å²) in [5.41, 5.74) is 6.06. The van der Waals surface area contributed by atoms with Crippen LogP contribution in [0.2, 0.25) is 0 Å². The number of nitrogens with two attached hydrogens (primary N) is 1. The molecule has 1 aromatic rings. The number of esters is 1. The minimum Gasteiger partial charge on any atom is -0.463 e. The van der Waals surface area contributed by atoms with Crippen molar-refractivity contribution < 1.29 is 13.9 Å². The van der Waals surface area contributed by atoms with Gasteiger partial charge in [-0.2, -0.15) is 0 Å². The lowest BCUT2D eigenvalue weighted by Crippen LogP contribution is -2.46. The number of carbonyl (C=O) groups excluding carboxylic acids is 1. The topological polar surface area (TPSA) is 68.7 Å². The monoisotopic (exact) mass is 264 g/mol. The molecule has 2 aliphatic heterocycles. The van der Waals surface area contributed by atoms with E-state index < -0.39 is 5.97 Å². The first-order valence-electron chi connectivity index (χ1n) is 6.85. The smallest absolute Gasteiger partial charge is 0.373 e. The Hall–Kier alpha value is -1.33. The second-order valence-electron chi connectivity index (χ2n) is 5.55. The molecule has 2 unspecified atom stereocenters. The van der Waals surface area contributed by atoms with E-state index in [4.69, 9.17) is 10.2 Å². The largest absolute Gasteiger partial charge is 0.463 e. The molecule has 2 N–H and O–H groups in total. The molecule has 104 valence electrons. The minimum absolute atomic E-state index is 0.276. The fourth-order valence-corrected chi connectivity index (χ4v) is 3.43. The van der Waals surface area contributed by atoms with Gasteiger partial charge < -0.3 is 14.9 Å². The zero-order valence-corrected chi connectivity index (χ0v) is 11.2. The van der Waals surface area contributed by atoms with Gasteiger partial charge in [-0.25, -0.2) is 4.79 Å². The van der Waals surface area contributed by atoms with E-state index in [-0.39, 0.29) is 5.76 Å². The first-order valence-corrected chi connectivity index (χ1v) is 6.85. The summed E-state index contributed by atoms with van der Waals surface area (Å²) in [6.45, 7) is 0.763. The minimum atomic E-state index is -0.421. The zero-order chi connectivity index (χ0) is 13.4. The Bertz CT molecular complexity index is 457. The van der Waals surface area contributed by atoms with Gasteiger partial charge in [0, 0.05) is 18.1 Å². The Labute approximate surface area is 112 Å². The van der Waals surface area contributed by atoms with Crippen molar-refractivity contribution in [1.29, 1.82) is 0 Å². The summed E-state index contributed by atoms with van der Waals surface area (Å²) in [7, 11) is 1.36. The highest BCUT2D eigenvalue weighted by atomic mass is 16.5. The molecular formula is C14H20N2O3. The van der Waals surface area contributed by atoms with Crippen molar-refractivity contribution in [3.05, 3.63) is 23.7 Å². The first kappa shape index (κ1) is 12.7. The molecule has 0 saturated carbocycles. The highest BCUT2D eigenvalue weighted by molar-refractivity contribution is 5.86. The SMILES string of the molecule is COC(=O)c1ccc(CN2C3CCC2CC(N)C3)o1. The van der Waals surface area contributed by atoms with Crippen LogP contribution in [0.3, 0.4) is 0 Å². The third-order valence-corrected chi connectivity index (χ3v) is 4.31. The highest BCUT2D eigenvalue weighted by Crippen LogP contribution is 2.36. The van der Waals surface area contributed by atoms with Gasteiger partial charge in [0.1, 0.15) is 5.76 Å². The van der Waals surface area contributed by atoms with E-state index in [1.807, 2.05) is 6.07 Å². The van der Waals surface area contributed by atoms with Gasteiger partial charge in [-0.05, 0) is 37.8 Å². The summed E-state index contributed by atoms with van der Waals surface area (Å²) in [5, 5.41) is 0. The molecule has 2 bridgehead atoms. The highest BCUT2D eigenvalue weighted by Gasteiger charge is 2.39. The average molecular weight is 264 g/mol. The molecule has 3 heterocycles. The van der Waals surface area contributed by atoms with Crippen LogP contribution in [0.1, 0.15) is 42.0 Å². The third-order valence-electron chi connectivity index (χ3n) is 4.31. The van der Waals surface area contributed by atoms with Crippen LogP contribution in [0, 0.1) is 0 Å². The molecule has 2 atom stereocenters. The van der Waals surface area contributed by atoms with Gasteiger partial charge >= 0.3 is 5.97 Å². The second kappa shape index (κ2) is 4.98. The Kier molecular flexibility index (Phi) is 3.33. The Morgan fingerprint density at radius 3 is 2.74 bits per heavy atom. The summed E-state index contributed by atoms with van der Waals surface area (Å²) >= 11 is 0. The van der Waals surface area contributed by atoms with Gasteiger partial charge in [-0.3, -0.25) is 4.90 Å². The van der Waals surface area contributed by atoms with E-state index >= 15 is 0 Å². The van der Waals surface area contributed by atoms with Crippen LogP contribution in [-0.2, 0) is 11.3 Å². The van der Waals surface area contributed by atoms with Gasteiger partial charge in [0.05, 0.1) is 13.7 Å². The van der Waals surface area contributed by atoms with Crippen LogP contribution in [0.15, 0.2) is 16.5 Å². The molecule has 3 rings (SSSR count). The maximum absolute atomic E-state index is 11.4. The number of hydrogen-bond acceptors (Lipinski definition) is 5. The predicted octanol–water partition coefficient (Wildman–Crippen LogP) is 1.52. The van der Waals surface area contributed by atoms with E-state index in [1.54, 1.807) is 6.07 Å². The van der Waals surface area contributed by atoms with Gasteiger partial charge in [0.15, 0.2) is 0 Å². The first-order chi connectivity index (χ1) is 9.17. The van der Waals surface area contributed by atoms with E-state index in [0.717, 1.165) is 25.1 Å². The van der Waals surface area contributed by atoms with Crippen molar-refractivity contribution in [2.45, 2.75) is 50.4 Å². The Balaban J connectivity index is 1.69. The van der Waals surface area contributed by atoms with Crippen LogP contribution in [0.4, 0.5) is 0 Å². The van der Waals surface area contributed by atoms with Crippen molar-refractivity contribution >= 4 is 5.97 Å². The van der Waals surface area contributed by atoms with Crippen LogP contribution in [0.25, 0.3) is 0 Å². The summed E-state index contributed by atoms with van der Waals surface area (Å²) in [4.78, 5) is 13.8. The quantitative estimate of drug-likeness (QED) is 0.838. The molecule has 2 fully saturated rings. The van der Waals surface area contributed by atoms with E-state index in [0.29, 0.717) is 18.1 Å². The van der Waals surface area contributed by atoms with E-state index in [1.165, 1.54) is 20.0 Å². The number of piperidine rings is 1. The van der Waals surface area contributed by atoms with Gasteiger partial charge in [-0.1, -0.05) is 0 Å². The normalized spacial score (nSPS) is 30.5. The van der Waals surface area contributed by atoms with E-state index in [9.17, 15) is 4.79 Å². The standard InChI is InChI=1S/C14H20N2O3/c1-18-14(17)13-5-4-12(19-13)8-16-10-2-3-11(16)7-9(15)6-10/h4-5,9-11H,2-3,6-8,15H2,1H3. The van der Waals surface area contributed by atoms with Crippen molar-refractivity contribution in [3.63, 3.8) is 0 Å². The van der Waals surface area contributed by atoms with Crippen LogP contribution < -0.4 is 5.73 Å². The lowest BCUT2D eigenvalue weighted by Gasteiger charge is -2.37. The van der Waals surface area contributed by atoms with Gasteiger partial charge in [0.2, 0.25) is 5.76 Å². The summed E-state index contributed by atoms with van der Waals surface area (Å²) in [6.07, 6.45) is 4.59. The molecule has 5 heteroatoms. The summed E-state index contributed by atoms with van der Waals surface area (Å²) in [6, 6.07) is 5.02. The Morgan fingerprint density at radius 1 is 1.42 bits per heavy atom. The van der Waals surface area contributed by atoms with Crippen LogP contribution in [0.5, 0.6) is 0 Å². The maximum Gasteiger partial charge on any atom is 0.373 e. The van der Waals surface area contributed by atoms with Crippen molar-refractivity contribution in [3.8, 4) is 0 Å². The van der Waals surface area contributed by atoms with E-state index in [2.05, 4.69) is 9.64 Å². The molecule has 0 aromatic carbocycles. The number of nitrogens with zero attached hydrogens (tertiary/aromatic N) is 1. The fourth-order valence-electron chi connectivity index (χ4n) is 3.43. The molecule has 2 saturated heterocycles. The number of furan rings is 1. The molecule has 0 spiro atoms.